The number of nitrogens with one attached hydrogen (secondary N) is 3. The highest BCUT2D eigenvalue weighted by atomic mass is 16.1. The van der Waals surface area contributed by atoms with Gasteiger partial charge in [0, 0.05) is 24.5 Å². The number of hydrazine groups is 1. The van der Waals surface area contributed by atoms with Crippen LogP contribution >= 0.6 is 0 Å². The second kappa shape index (κ2) is 6.58. The van der Waals surface area contributed by atoms with Gasteiger partial charge in [0.1, 0.15) is 0 Å². The predicted molar refractivity (Wildman–Crippen MR) is 83.6 cm³/mol. The Kier molecular flexibility index (Phi) is 4.56. The smallest absolute Gasteiger partial charge is 0.222 e. The Morgan fingerprint density at radius 3 is 2.67 bits per heavy atom. The fourth-order valence-electron chi connectivity index (χ4n) is 3.64. The van der Waals surface area contributed by atoms with Crippen molar-refractivity contribution in [3.63, 3.8) is 0 Å². The van der Waals surface area contributed by atoms with Gasteiger partial charge in [-0.2, -0.15) is 0 Å². The van der Waals surface area contributed by atoms with Crippen molar-refractivity contribution in [2.75, 3.05) is 6.54 Å². The molecule has 3 rings (SSSR count). The monoisotopic (exact) mass is 287 g/mol. The molecule has 2 fully saturated rings. The molecule has 1 aliphatic heterocycles. The third-order valence-corrected chi connectivity index (χ3v) is 4.71. The molecule has 1 saturated heterocycles. The van der Waals surface area contributed by atoms with Crippen molar-refractivity contribution in [3.8, 4) is 0 Å². The summed E-state index contributed by atoms with van der Waals surface area (Å²) in [5.41, 5.74) is 7.55. The standard InChI is InChI=1S/C17H25N3O/c21-16(12-15-8-11-18-20-15)19-17(9-4-5-10-17)13-14-6-2-1-3-7-14/h1-3,6-7,15,18,20H,4-5,8-13H2,(H,19,21). The topological polar surface area (TPSA) is 53.2 Å². The normalized spacial score (nSPS) is 24.1. The third kappa shape index (κ3) is 3.83. The molecule has 114 valence electrons. The van der Waals surface area contributed by atoms with E-state index in [1.54, 1.807) is 0 Å². The largest absolute Gasteiger partial charge is 0.350 e. The highest BCUT2D eigenvalue weighted by molar-refractivity contribution is 5.77. The van der Waals surface area contributed by atoms with Gasteiger partial charge in [0.15, 0.2) is 0 Å². The SMILES string of the molecule is O=C(CC1CCNN1)NC1(Cc2ccccc2)CCCC1. The first kappa shape index (κ1) is 14.5. The van der Waals surface area contributed by atoms with Crippen molar-refractivity contribution in [2.24, 2.45) is 0 Å². The quantitative estimate of drug-likeness (QED) is 0.775. The van der Waals surface area contributed by atoms with Crippen molar-refractivity contribution in [2.45, 2.75) is 56.5 Å². The lowest BCUT2D eigenvalue weighted by Gasteiger charge is -2.31. The van der Waals surface area contributed by atoms with E-state index >= 15 is 0 Å². The van der Waals surface area contributed by atoms with E-state index in [0.29, 0.717) is 6.42 Å². The van der Waals surface area contributed by atoms with Crippen LogP contribution in [-0.2, 0) is 11.2 Å². The van der Waals surface area contributed by atoms with E-state index in [0.717, 1.165) is 32.2 Å². The Hall–Kier alpha value is -1.39. The van der Waals surface area contributed by atoms with Gasteiger partial charge in [-0.15, -0.1) is 0 Å². The Balaban J connectivity index is 1.62. The molecule has 0 aromatic heterocycles. The first-order valence-electron chi connectivity index (χ1n) is 8.09. The Morgan fingerprint density at radius 2 is 2.00 bits per heavy atom. The molecule has 3 N–H and O–H groups in total. The zero-order valence-electron chi connectivity index (χ0n) is 12.5. The van der Waals surface area contributed by atoms with E-state index in [1.165, 1.54) is 18.4 Å². The van der Waals surface area contributed by atoms with Crippen LogP contribution in [0.5, 0.6) is 0 Å². The molecule has 0 radical (unpaired) electrons. The van der Waals surface area contributed by atoms with Gasteiger partial charge in [-0.05, 0) is 31.2 Å². The zero-order valence-corrected chi connectivity index (χ0v) is 12.5. The molecule has 1 aromatic carbocycles. The molecule has 1 aliphatic carbocycles. The van der Waals surface area contributed by atoms with E-state index in [-0.39, 0.29) is 17.5 Å². The highest BCUT2D eigenvalue weighted by Gasteiger charge is 2.35. The van der Waals surface area contributed by atoms with E-state index in [2.05, 4.69) is 40.4 Å². The number of carbonyl (C=O) groups excluding carboxylic acids is 1. The minimum Gasteiger partial charge on any atom is -0.350 e. The van der Waals surface area contributed by atoms with Gasteiger partial charge in [0.2, 0.25) is 5.91 Å². The van der Waals surface area contributed by atoms with Gasteiger partial charge in [-0.25, -0.2) is 0 Å². The molecule has 4 heteroatoms. The number of hydrogen-bond donors (Lipinski definition) is 3. The van der Waals surface area contributed by atoms with E-state index in [4.69, 9.17) is 0 Å². The average molecular weight is 287 g/mol. The maximum absolute atomic E-state index is 12.4. The molecular formula is C17H25N3O. The molecule has 2 aliphatic rings. The minimum atomic E-state index is -0.0233. The summed E-state index contributed by atoms with van der Waals surface area (Å²) in [7, 11) is 0. The molecule has 4 nitrogen and oxygen atoms in total. The summed E-state index contributed by atoms with van der Waals surface area (Å²) < 4.78 is 0. The first-order valence-corrected chi connectivity index (χ1v) is 8.09. The number of carbonyl (C=O) groups is 1. The maximum atomic E-state index is 12.4. The lowest BCUT2D eigenvalue weighted by molar-refractivity contribution is -0.123. The molecule has 1 aromatic rings. The molecule has 1 heterocycles. The van der Waals surface area contributed by atoms with E-state index < -0.39 is 0 Å². The number of amides is 1. The summed E-state index contributed by atoms with van der Waals surface area (Å²) in [6.45, 7) is 0.951. The van der Waals surface area contributed by atoms with Crippen LogP contribution in [0.25, 0.3) is 0 Å². The highest BCUT2D eigenvalue weighted by Crippen LogP contribution is 2.33. The van der Waals surface area contributed by atoms with Crippen LogP contribution in [0.15, 0.2) is 30.3 Å². The van der Waals surface area contributed by atoms with Crippen LogP contribution in [0.4, 0.5) is 0 Å². The molecule has 0 spiro atoms. The van der Waals surface area contributed by atoms with Gasteiger partial charge in [-0.3, -0.25) is 15.6 Å². The van der Waals surface area contributed by atoms with E-state index in [9.17, 15) is 4.79 Å². The molecule has 1 amide bonds. The van der Waals surface area contributed by atoms with Crippen LogP contribution in [-0.4, -0.2) is 24.0 Å². The summed E-state index contributed by atoms with van der Waals surface area (Å²) in [6.07, 6.45) is 7.19. The minimum absolute atomic E-state index is 0.0233. The molecular weight excluding hydrogens is 262 g/mol. The fraction of sp³-hybridized carbons (Fsp3) is 0.588. The summed E-state index contributed by atoms with van der Waals surface area (Å²) >= 11 is 0. The van der Waals surface area contributed by atoms with Crippen molar-refractivity contribution >= 4 is 5.91 Å². The van der Waals surface area contributed by atoms with Crippen LogP contribution in [0, 0.1) is 0 Å². The number of hydrogen-bond acceptors (Lipinski definition) is 3. The molecule has 21 heavy (non-hydrogen) atoms. The zero-order chi connectivity index (χ0) is 14.5. The van der Waals surface area contributed by atoms with Crippen molar-refractivity contribution in [1.82, 2.24) is 16.2 Å². The second-order valence-electron chi connectivity index (χ2n) is 6.46. The Morgan fingerprint density at radius 1 is 1.24 bits per heavy atom. The predicted octanol–water partition coefficient (Wildman–Crippen LogP) is 1.91. The van der Waals surface area contributed by atoms with Crippen molar-refractivity contribution in [1.29, 1.82) is 0 Å². The molecule has 1 saturated carbocycles. The van der Waals surface area contributed by atoms with Gasteiger partial charge in [-0.1, -0.05) is 43.2 Å². The van der Waals surface area contributed by atoms with Gasteiger partial charge in [0.05, 0.1) is 0 Å². The second-order valence-corrected chi connectivity index (χ2v) is 6.46. The summed E-state index contributed by atoms with van der Waals surface area (Å²) in [4.78, 5) is 12.4. The maximum Gasteiger partial charge on any atom is 0.222 e. The van der Waals surface area contributed by atoms with Gasteiger partial charge >= 0.3 is 0 Å². The Bertz CT molecular complexity index is 462. The lowest BCUT2D eigenvalue weighted by Crippen LogP contribution is -2.49. The van der Waals surface area contributed by atoms with Crippen LogP contribution < -0.4 is 16.2 Å². The van der Waals surface area contributed by atoms with Gasteiger partial charge < -0.3 is 5.32 Å². The lowest BCUT2D eigenvalue weighted by atomic mass is 9.88. The third-order valence-electron chi connectivity index (χ3n) is 4.71. The van der Waals surface area contributed by atoms with Crippen molar-refractivity contribution < 1.29 is 4.79 Å². The number of benzene rings is 1. The van der Waals surface area contributed by atoms with Crippen molar-refractivity contribution in [3.05, 3.63) is 35.9 Å². The Labute approximate surface area is 126 Å². The van der Waals surface area contributed by atoms with Crippen LogP contribution in [0.1, 0.15) is 44.1 Å². The summed E-state index contributed by atoms with van der Waals surface area (Å²) in [5.74, 6) is 0.189. The summed E-state index contributed by atoms with van der Waals surface area (Å²) in [5, 5.41) is 3.36. The van der Waals surface area contributed by atoms with Gasteiger partial charge in [0.25, 0.3) is 0 Å². The van der Waals surface area contributed by atoms with Crippen LogP contribution in [0.2, 0.25) is 0 Å². The average Bonchev–Trinajstić information content (AvgIpc) is 3.12. The van der Waals surface area contributed by atoms with E-state index in [1.807, 2.05) is 6.07 Å². The summed E-state index contributed by atoms with van der Waals surface area (Å²) in [6, 6.07) is 10.8. The fourth-order valence-corrected chi connectivity index (χ4v) is 3.64. The number of rotatable bonds is 5. The molecule has 1 atom stereocenters. The molecule has 1 unspecified atom stereocenters. The van der Waals surface area contributed by atoms with Crippen LogP contribution in [0.3, 0.4) is 0 Å². The first-order chi connectivity index (χ1) is 10.3. The molecule has 0 bridgehead atoms.